The number of methoxy groups -OCH3 is 1. The van der Waals surface area contributed by atoms with E-state index in [2.05, 4.69) is 23.1 Å². The summed E-state index contributed by atoms with van der Waals surface area (Å²) in [5.41, 5.74) is 0.848. The van der Waals surface area contributed by atoms with Crippen LogP contribution in [0.2, 0.25) is 0 Å². The van der Waals surface area contributed by atoms with Crippen molar-refractivity contribution in [1.82, 2.24) is 15.0 Å². The lowest BCUT2D eigenvalue weighted by Crippen LogP contribution is -2.37. The topological polar surface area (TPSA) is 68.5 Å². The fraction of sp³-hybridized carbons (Fsp3) is 0.500. The third-order valence-corrected chi connectivity index (χ3v) is 5.39. The third-order valence-electron chi connectivity index (χ3n) is 5.07. The van der Waals surface area contributed by atoms with Crippen molar-refractivity contribution in [2.24, 2.45) is 5.92 Å². The van der Waals surface area contributed by atoms with E-state index in [-0.39, 0.29) is 11.3 Å². The normalized spacial score (nSPS) is 18.6. The third kappa shape index (κ3) is 6.07. The molecule has 0 fully saturated rings. The molecule has 3 rings (SSSR count). The van der Waals surface area contributed by atoms with Gasteiger partial charge in [-0.05, 0) is 49.4 Å². The first kappa shape index (κ1) is 21.4. The van der Waals surface area contributed by atoms with Crippen LogP contribution in [0, 0.1) is 5.92 Å². The van der Waals surface area contributed by atoms with E-state index in [0.717, 1.165) is 43.7 Å². The Balaban J connectivity index is 1.55. The Morgan fingerprint density at radius 2 is 2.14 bits per heavy atom. The molecule has 0 saturated heterocycles. The number of carbonyl (C=O) groups is 1. The number of carbonyl (C=O) groups excluding carboxylic acids is 1. The highest BCUT2D eigenvalue weighted by molar-refractivity contribution is 6.21. The van der Waals surface area contributed by atoms with Gasteiger partial charge in [-0.15, -0.1) is 11.6 Å². The molecule has 0 aliphatic heterocycles. The summed E-state index contributed by atoms with van der Waals surface area (Å²) in [6, 6.07) is 7.46. The van der Waals surface area contributed by atoms with E-state index in [1.165, 1.54) is 0 Å². The van der Waals surface area contributed by atoms with E-state index in [4.69, 9.17) is 20.9 Å². The van der Waals surface area contributed by atoms with Gasteiger partial charge in [-0.2, -0.15) is 4.98 Å². The van der Waals surface area contributed by atoms with Gasteiger partial charge < -0.3 is 14.2 Å². The van der Waals surface area contributed by atoms with Crippen LogP contribution >= 0.6 is 11.6 Å². The van der Waals surface area contributed by atoms with Gasteiger partial charge >= 0.3 is 0 Å². The maximum Gasteiger partial charge on any atom is 0.227 e. The predicted molar refractivity (Wildman–Crippen MR) is 113 cm³/mol. The van der Waals surface area contributed by atoms with Gasteiger partial charge in [0.05, 0.1) is 12.5 Å². The van der Waals surface area contributed by atoms with E-state index in [1.807, 2.05) is 35.2 Å². The second-order valence-corrected chi connectivity index (χ2v) is 7.92. The van der Waals surface area contributed by atoms with E-state index in [1.54, 1.807) is 7.11 Å². The predicted octanol–water partition coefficient (Wildman–Crippen LogP) is 4.49. The van der Waals surface area contributed by atoms with Gasteiger partial charge in [-0.25, -0.2) is 0 Å². The second kappa shape index (κ2) is 10.4. The summed E-state index contributed by atoms with van der Waals surface area (Å²) >= 11 is 6.24. The van der Waals surface area contributed by atoms with Crippen molar-refractivity contribution in [3.05, 3.63) is 42.3 Å². The summed E-state index contributed by atoms with van der Waals surface area (Å²) in [4.78, 5) is 19.2. The van der Waals surface area contributed by atoms with Crippen LogP contribution in [0.15, 0.2) is 40.9 Å². The zero-order valence-electron chi connectivity index (χ0n) is 17.0. The maximum absolute atomic E-state index is 12.8. The Morgan fingerprint density at radius 3 is 2.83 bits per heavy atom. The van der Waals surface area contributed by atoms with Crippen molar-refractivity contribution < 1.29 is 14.1 Å². The van der Waals surface area contributed by atoms with Gasteiger partial charge in [0.15, 0.2) is 0 Å². The highest BCUT2D eigenvalue weighted by Crippen LogP contribution is 2.24. The van der Waals surface area contributed by atoms with Crippen LogP contribution in [0.3, 0.4) is 0 Å². The minimum absolute atomic E-state index is 0.0714. The average Bonchev–Trinajstić information content (AvgIpc) is 3.21. The number of aryl methyl sites for hydroxylation is 1. The molecule has 1 aromatic heterocycles. The molecular formula is C22H28ClN3O3. The first-order valence-electron chi connectivity index (χ1n) is 10.1. The number of hydrogen-bond donors (Lipinski definition) is 0. The van der Waals surface area contributed by atoms with Gasteiger partial charge in [0.2, 0.25) is 17.6 Å². The minimum atomic E-state index is 0.0714. The van der Waals surface area contributed by atoms with Crippen LogP contribution < -0.4 is 4.74 Å². The number of alkyl halides is 1. The van der Waals surface area contributed by atoms with Crippen LogP contribution in [0.5, 0.6) is 5.75 Å². The van der Waals surface area contributed by atoms with Crippen molar-refractivity contribution >= 4 is 17.5 Å². The Morgan fingerprint density at radius 1 is 1.34 bits per heavy atom. The molecule has 0 radical (unpaired) electrons. The number of benzene rings is 1. The van der Waals surface area contributed by atoms with Crippen LogP contribution in [-0.4, -0.2) is 46.5 Å². The van der Waals surface area contributed by atoms with Crippen LogP contribution in [-0.2, 0) is 11.2 Å². The second-order valence-electron chi connectivity index (χ2n) is 7.36. The number of nitrogens with zero attached hydrogens (tertiary/aromatic N) is 3. The Labute approximate surface area is 176 Å². The number of halogens is 1. The number of amides is 1. The number of hydrogen-bond acceptors (Lipinski definition) is 5. The molecule has 1 aromatic carbocycles. The first-order chi connectivity index (χ1) is 14.1. The molecule has 1 aliphatic carbocycles. The van der Waals surface area contributed by atoms with Crippen molar-refractivity contribution in [2.75, 3.05) is 20.2 Å². The van der Waals surface area contributed by atoms with E-state index < -0.39 is 0 Å². The molecule has 2 aromatic rings. The summed E-state index contributed by atoms with van der Waals surface area (Å²) < 4.78 is 10.5. The number of aromatic nitrogens is 2. The molecule has 156 valence electrons. The SMILES string of the molecule is CCCN(CC1CC=CC(Cl)C1)C(=O)CCc1nc(-c2ccc(OC)cc2)no1. The van der Waals surface area contributed by atoms with Crippen LogP contribution in [0.25, 0.3) is 11.4 Å². The summed E-state index contributed by atoms with van der Waals surface area (Å²) in [5, 5.41) is 4.10. The van der Waals surface area contributed by atoms with E-state index in [9.17, 15) is 4.79 Å². The number of allylic oxidation sites excluding steroid dienone is 2. The zero-order chi connectivity index (χ0) is 20.6. The van der Waals surface area contributed by atoms with Crippen molar-refractivity contribution in [2.45, 2.75) is 44.4 Å². The summed E-state index contributed by atoms with van der Waals surface area (Å²) in [5.74, 6) is 2.30. The Kier molecular flexibility index (Phi) is 7.69. The van der Waals surface area contributed by atoms with Gasteiger partial charge in [0.25, 0.3) is 0 Å². The first-order valence-corrected chi connectivity index (χ1v) is 10.6. The molecule has 1 heterocycles. The number of rotatable bonds is 9. The average molecular weight is 418 g/mol. The Bertz CT molecular complexity index is 819. The van der Waals surface area contributed by atoms with Crippen LogP contribution in [0.1, 0.15) is 38.5 Å². The van der Waals surface area contributed by atoms with Gasteiger partial charge in [0.1, 0.15) is 5.75 Å². The molecule has 0 N–H and O–H groups in total. The van der Waals surface area contributed by atoms with Crippen molar-refractivity contribution in [3.8, 4) is 17.1 Å². The molecule has 2 atom stereocenters. The fourth-order valence-corrected chi connectivity index (χ4v) is 3.90. The molecule has 7 heteroatoms. The molecular weight excluding hydrogens is 390 g/mol. The maximum atomic E-state index is 12.8. The quantitative estimate of drug-likeness (QED) is 0.444. The molecule has 1 amide bonds. The molecule has 1 aliphatic rings. The largest absolute Gasteiger partial charge is 0.497 e. The summed E-state index contributed by atoms with van der Waals surface area (Å²) in [6.45, 7) is 3.60. The lowest BCUT2D eigenvalue weighted by atomic mass is 9.93. The molecule has 0 saturated carbocycles. The van der Waals surface area contributed by atoms with Gasteiger partial charge in [-0.3, -0.25) is 4.79 Å². The lowest BCUT2D eigenvalue weighted by Gasteiger charge is -2.29. The van der Waals surface area contributed by atoms with E-state index >= 15 is 0 Å². The lowest BCUT2D eigenvalue weighted by molar-refractivity contribution is -0.132. The van der Waals surface area contributed by atoms with Gasteiger partial charge in [0, 0.05) is 31.5 Å². The monoisotopic (exact) mass is 417 g/mol. The molecule has 6 nitrogen and oxygen atoms in total. The van der Waals surface area contributed by atoms with Crippen molar-refractivity contribution in [3.63, 3.8) is 0 Å². The van der Waals surface area contributed by atoms with Crippen molar-refractivity contribution in [1.29, 1.82) is 0 Å². The Hall–Kier alpha value is -2.34. The zero-order valence-corrected chi connectivity index (χ0v) is 17.8. The minimum Gasteiger partial charge on any atom is -0.497 e. The number of ether oxygens (including phenoxy) is 1. The van der Waals surface area contributed by atoms with E-state index in [0.29, 0.717) is 30.5 Å². The van der Waals surface area contributed by atoms with Crippen LogP contribution in [0.4, 0.5) is 0 Å². The molecule has 0 bridgehead atoms. The highest BCUT2D eigenvalue weighted by Gasteiger charge is 2.22. The molecule has 29 heavy (non-hydrogen) atoms. The fourth-order valence-electron chi connectivity index (χ4n) is 3.55. The standard InChI is InChI=1S/C22H28ClN3O3/c1-3-13-26(15-16-5-4-6-18(23)14-16)21(27)12-11-20-24-22(25-29-20)17-7-9-19(28-2)10-8-17/h4,6-10,16,18H,3,5,11-15H2,1-2H3. The highest BCUT2D eigenvalue weighted by atomic mass is 35.5. The summed E-state index contributed by atoms with van der Waals surface area (Å²) in [7, 11) is 1.62. The van der Waals surface area contributed by atoms with Gasteiger partial charge in [-0.1, -0.05) is 24.2 Å². The smallest absolute Gasteiger partial charge is 0.227 e. The molecule has 0 spiro atoms. The summed E-state index contributed by atoms with van der Waals surface area (Å²) in [6.07, 6.45) is 7.79. The molecule has 2 unspecified atom stereocenters.